The maximum absolute atomic E-state index is 5.66. The van der Waals surface area contributed by atoms with Crippen molar-refractivity contribution in [2.45, 2.75) is 31.3 Å². The Morgan fingerprint density at radius 1 is 1.11 bits per heavy atom. The second-order valence-electron chi connectivity index (χ2n) is 4.17. The van der Waals surface area contributed by atoms with Crippen molar-refractivity contribution in [3.8, 4) is 5.75 Å². The fraction of sp³-hybridized carbons (Fsp3) is 0.600. The van der Waals surface area contributed by atoms with Gasteiger partial charge in [0.25, 0.3) is 0 Å². The number of para-hydroxylation sites is 1. The highest BCUT2D eigenvalue weighted by Crippen LogP contribution is 2.21. The summed E-state index contributed by atoms with van der Waals surface area (Å²) in [6.45, 7) is 2.90. The summed E-state index contributed by atoms with van der Waals surface area (Å²) < 4.78 is 16.3. The molecule has 0 aliphatic heterocycles. The van der Waals surface area contributed by atoms with E-state index in [1.807, 2.05) is 42.1 Å². The summed E-state index contributed by atoms with van der Waals surface area (Å²) in [5.74, 6) is 1.99. The zero-order valence-corrected chi connectivity index (χ0v) is 12.8. The molecular formula is C15H24O3S. The monoisotopic (exact) mass is 284 g/mol. The molecule has 1 aromatic rings. The van der Waals surface area contributed by atoms with E-state index in [4.69, 9.17) is 14.2 Å². The zero-order chi connectivity index (χ0) is 13.9. The minimum absolute atomic E-state index is 0.120. The molecule has 0 radical (unpaired) electrons. The van der Waals surface area contributed by atoms with Crippen LogP contribution >= 0.6 is 11.8 Å². The molecule has 0 bridgehead atoms. The van der Waals surface area contributed by atoms with Gasteiger partial charge in [0.05, 0.1) is 11.9 Å². The molecule has 0 amide bonds. The summed E-state index contributed by atoms with van der Waals surface area (Å²) in [5, 5.41) is 0.381. The molecule has 1 aromatic carbocycles. The highest BCUT2D eigenvalue weighted by atomic mass is 32.2. The largest absolute Gasteiger partial charge is 0.494 e. The molecule has 1 unspecified atom stereocenters. The first kappa shape index (κ1) is 16.3. The first-order valence-electron chi connectivity index (χ1n) is 6.66. The minimum atomic E-state index is -0.120. The first-order chi connectivity index (χ1) is 9.31. The summed E-state index contributed by atoms with van der Waals surface area (Å²) >= 11 is 1.88. The van der Waals surface area contributed by atoms with E-state index in [1.54, 1.807) is 14.2 Å². The first-order valence-corrected chi connectivity index (χ1v) is 7.71. The molecule has 19 heavy (non-hydrogen) atoms. The molecule has 108 valence electrons. The molecule has 4 heteroatoms. The normalized spacial score (nSPS) is 12.6. The third kappa shape index (κ3) is 6.32. The lowest BCUT2D eigenvalue weighted by Gasteiger charge is -2.23. The third-order valence-corrected chi connectivity index (χ3v) is 4.31. The van der Waals surface area contributed by atoms with Gasteiger partial charge in [0.15, 0.2) is 6.29 Å². The molecule has 0 fully saturated rings. The number of ether oxygens (including phenoxy) is 3. The van der Waals surface area contributed by atoms with Gasteiger partial charge in [-0.3, -0.25) is 0 Å². The summed E-state index contributed by atoms with van der Waals surface area (Å²) in [6, 6.07) is 9.92. The van der Waals surface area contributed by atoms with Crippen molar-refractivity contribution in [3.63, 3.8) is 0 Å². The van der Waals surface area contributed by atoms with Crippen molar-refractivity contribution in [1.29, 1.82) is 0 Å². The van der Waals surface area contributed by atoms with Crippen molar-refractivity contribution in [1.82, 2.24) is 0 Å². The van der Waals surface area contributed by atoms with E-state index in [0.29, 0.717) is 5.25 Å². The average molecular weight is 284 g/mol. The minimum Gasteiger partial charge on any atom is -0.494 e. The van der Waals surface area contributed by atoms with Crippen molar-refractivity contribution in [2.24, 2.45) is 0 Å². The SMILES string of the molecule is CCC(SCCCOc1ccccc1)C(OC)OC. The molecule has 0 heterocycles. The van der Waals surface area contributed by atoms with Crippen molar-refractivity contribution in [3.05, 3.63) is 30.3 Å². The van der Waals surface area contributed by atoms with Gasteiger partial charge < -0.3 is 14.2 Å². The standard InChI is InChI=1S/C15H24O3S/c1-4-14(15(16-2)17-3)19-12-8-11-18-13-9-6-5-7-10-13/h5-7,9-10,14-15H,4,8,11-12H2,1-3H3. The lowest BCUT2D eigenvalue weighted by atomic mass is 10.3. The number of hydrogen-bond acceptors (Lipinski definition) is 4. The Morgan fingerprint density at radius 2 is 1.79 bits per heavy atom. The molecule has 3 nitrogen and oxygen atoms in total. The molecule has 0 aliphatic carbocycles. The van der Waals surface area contributed by atoms with Crippen LogP contribution in [0.15, 0.2) is 30.3 Å². The van der Waals surface area contributed by atoms with Crippen LogP contribution in [0.3, 0.4) is 0 Å². The quantitative estimate of drug-likeness (QED) is 0.485. The number of benzene rings is 1. The number of methoxy groups -OCH3 is 2. The maximum Gasteiger partial charge on any atom is 0.168 e. The summed E-state index contributed by atoms with van der Waals surface area (Å²) in [7, 11) is 3.38. The predicted octanol–water partition coefficient (Wildman–Crippen LogP) is 3.59. The smallest absolute Gasteiger partial charge is 0.168 e. The summed E-state index contributed by atoms with van der Waals surface area (Å²) in [4.78, 5) is 0. The van der Waals surface area contributed by atoms with Gasteiger partial charge in [-0.1, -0.05) is 25.1 Å². The van der Waals surface area contributed by atoms with Gasteiger partial charge in [-0.2, -0.15) is 11.8 Å². The fourth-order valence-corrected chi connectivity index (χ4v) is 2.99. The second-order valence-corrected chi connectivity index (χ2v) is 5.52. The van der Waals surface area contributed by atoms with Gasteiger partial charge in [0.2, 0.25) is 0 Å². The molecule has 0 saturated carbocycles. The maximum atomic E-state index is 5.66. The lowest BCUT2D eigenvalue weighted by Crippen LogP contribution is -2.27. The van der Waals surface area contributed by atoms with Crippen LogP contribution in [0.25, 0.3) is 0 Å². The van der Waals surface area contributed by atoms with E-state index in [9.17, 15) is 0 Å². The number of hydrogen-bond donors (Lipinski definition) is 0. The predicted molar refractivity (Wildman–Crippen MR) is 80.9 cm³/mol. The van der Waals surface area contributed by atoms with Crippen LogP contribution < -0.4 is 4.74 Å². The third-order valence-electron chi connectivity index (χ3n) is 2.80. The van der Waals surface area contributed by atoms with Crippen LogP contribution in [-0.2, 0) is 9.47 Å². The average Bonchev–Trinajstić information content (AvgIpc) is 2.47. The summed E-state index contributed by atoms with van der Waals surface area (Å²) in [6.07, 6.45) is 1.94. The van der Waals surface area contributed by atoms with Gasteiger partial charge in [0, 0.05) is 14.2 Å². The van der Waals surface area contributed by atoms with E-state index in [1.165, 1.54) is 0 Å². The Kier molecular flexibility index (Phi) is 8.71. The Balaban J connectivity index is 2.15. The Labute approximate surface area is 120 Å². The molecule has 0 aromatic heterocycles. The zero-order valence-electron chi connectivity index (χ0n) is 12.0. The van der Waals surface area contributed by atoms with Crippen molar-refractivity contribution < 1.29 is 14.2 Å². The van der Waals surface area contributed by atoms with Gasteiger partial charge in [-0.25, -0.2) is 0 Å². The molecule has 0 aliphatic rings. The molecule has 0 N–H and O–H groups in total. The highest BCUT2D eigenvalue weighted by Gasteiger charge is 2.18. The molecule has 1 rings (SSSR count). The van der Waals surface area contributed by atoms with E-state index in [0.717, 1.165) is 31.0 Å². The molecule has 1 atom stereocenters. The van der Waals surface area contributed by atoms with Crippen molar-refractivity contribution >= 4 is 11.8 Å². The van der Waals surface area contributed by atoms with E-state index < -0.39 is 0 Å². The van der Waals surface area contributed by atoms with E-state index in [2.05, 4.69) is 6.92 Å². The van der Waals surface area contributed by atoms with Crippen molar-refractivity contribution in [2.75, 3.05) is 26.6 Å². The lowest BCUT2D eigenvalue weighted by molar-refractivity contribution is -0.102. The molecular weight excluding hydrogens is 260 g/mol. The van der Waals surface area contributed by atoms with Crippen LogP contribution in [-0.4, -0.2) is 38.1 Å². The molecule has 0 spiro atoms. The van der Waals surface area contributed by atoms with E-state index >= 15 is 0 Å². The number of thioether (sulfide) groups is 1. The fourth-order valence-electron chi connectivity index (χ4n) is 1.79. The second kappa shape index (κ2) is 10.1. The van der Waals surface area contributed by atoms with Gasteiger partial charge in [-0.15, -0.1) is 0 Å². The number of rotatable bonds is 10. The Morgan fingerprint density at radius 3 is 2.37 bits per heavy atom. The van der Waals surface area contributed by atoms with Gasteiger partial charge in [0.1, 0.15) is 5.75 Å². The molecule has 0 saturated heterocycles. The Hall–Kier alpha value is -0.710. The van der Waals surface area contributed by atoms with Crippen LogP contribution in [0.4, 0.5) is 0 Å². The van der Waals surface area contributed by atoms with Crippen LogP contribution in [0.5, 0.6) is 5.75 Å². The van der Waals surface area contributed by atoms with Crippen LogP contribution in [0.2, 0.25) is 0 Å². The van der Waals surface area contributed by atoms with Crippen LogP contribution in [0, 0.1) is 0 Å². The summed E-state index contributed by atoms with van der Waals surface area (Å²) in [5.41, 5.74) is 0. The van der Waals surface area contributed by atoms with Crippen LogP contribution in [0.1, 0.15) is 19.8 Å². The van der Waals surface area contributed by atoms with Gasteiger partial charge >= 0.3 is 0 Å². The highest BCUT2D eigenvalue weighted by molar-refractivity contribution is 7.99. The van der Waals surface area contributed by atoms with Gasteiger partial charge in [-0.05, 0) is 30.7 Å². The Bertz CT molecular complexity index is 314. The topological polar surface area (TPSA) is 27.7 Å². The van der Waals surface area contributed by atoms with E-state index in [-0.39, 0.29) is 6.29 Å².